The summed E-state index contributed by atoms with van der Waals surface area (Å²) in [5, 5.41) is 16.4. The lowest BCUT2D eigenvalue weighted by Gasteiger charge is -2.20. The van der Waals surface area contributed by atoms with Crippen molar-refractivity contribution in [2.24, 2.45) is 0 Å². The highest BCUT2D eigenvalue weighted by atomic mass is 19.4. The Morgan fingerprint density at radius 1 is 1.21 bits per heavy atom. The van der Waals surface area contributed by atoms with Gasteiger partial charge in [-0.15, -0.1) is 0 Å². The Labute approximate surface area is 158 Å². The number of alkyl halides is 3. The van der Waals surface area contributed by atoms with E-state index in [0.29, 0.717) is 17.9 Å². The van der Waals surface area contributed by atoms with Gasteiger partial charge in [-0.2, -0.15) is 13.2 Å². The summed E-state index contributed by atoms with van der Waals surface area (Å²) in [5.41, 5.74) is 2.40. The first kappa shape index (κ1) is 21.5. The average Bonchev–Trinajstić information content (AvgIpc) is 2.66. The van der Waals surface area contributed by atoms with E-state index in [2.05, 4.69) is 27.0 Å². The number of rotatable bonds is 3. The number of H-pyrrole nitrogens is 1. The number of fused-ring (bicyclic) bond motifs is 1. The van der Waals surface area contributed by atoms with Crippen molar-refractivity contribution >= 4 is 17.7 Å². The van der Waals surface area contributed by atoms with Gasteiger partial charge in [0, 0.05) is 31.3 Å². The normalized spacial score (nSPS) is 15.9. The number of anilines is 1. The van der Waals surface area contributed by atoms with Crippen LogP contribution in [-0.4, -0.2) is 54.3 Å². The zero-order valence-corrected chi connectivity index (χ0v) is 14.9. The number of nitrogens with one attached hydrogen (secondary N) is 4. The van der Waals surface area contributed by atoms with Crippen molar-refractivity contribution in [1.82, 2.24) is 15.6 Å². The molecule has 0 saturated carbocycles. The molecular formula is C17H21F3N4O4. The van der Waals surface area contributed by atoms with Crippen LogP contribution in [0.25, 0.3) is 0 Å². The fourth-order valence-corrected chi connectivity index (χ4v) is 2.80. The SMILES string of the molecule is O=C(NCC1=CCNCC1)c1cc(=O)[nH]c2c1CCCN2.O=C(O)C(F)(F)F. The second kappa shape index (κ2) is 9.40. The van der Waals surface area contributed by atoms with E-state index in [-0.39, 0.29) is 11.5 Å². The number of aromatic nitrogens is 1. The summed E-state index contributed by atoms with van der Waals surface area (Å²) in [4.78, 5) is 35.7. The standard InChI is InChI=1S/C15H20N4O2.C2HF3O2/c20-13-8-12(11-2-1-5-17-14(11)19-13)15(21)18-9-10-3-6-16-7-4-10;3-2(4,5)1(6)7/h3,8,16H,1-2,4-7,9H2,(H,18,21)(H2,17,19,20);(H,6,7). The highest BCUT2D eigenvalue weighted by Gasteiger charge is 2.38. The number of hydrogen-bond acceptors (Lipinski definition) is 5. The molecule has 0 fully saturated rings. The Morgan fingerprint density at radius 3 is 2.54 bits per heavy atom. The van der Waals surface area contributed by atoms with Crippen molar-refractivity contribution < 1.29 is 27.9 Å². The highest BCUT2D eigenvalue weighted by molar-refractivity contribution is 5.97. The van der Waals surface area contributed by atoms with Crippen LogP contribution in [0.4, 0.5) is 19.0 Å². The molecule has 0 unspecified atom stereocenters. The summed E-state index contributed by atoms with van der Waals surface area (Å²) in [7, 11) is 0. The molecule has 1 aromatic rings. The minimum Gasteiger partial charge on any atom is -0.475 e. The fraction of sp³-hybridized carbons (Fsp3) is 0.471. The van der Waals surface area contributed by atoms with Gasteiger partial charge in [0.1, 0.15) is 5.82 Å². The second-order valence-electron chi connectivity index (χ2n) is 6.23. The molecule has 0 aromatic carbocycles. The van der Waals surface area contributed by atoms with Crippen molar-refractivity contribution in [3.63, 3.8) is 0 Å². The molecule has 1 amide bonds. The third-order valence-corrected chi connectivity index (χ3v) is 4.18. The molecule has 0 atom stereocenters. The Kier molecular flexibility index (Phi) is 7.21. The summed E-state index contributed by atoms with van der Waals surface area (Å²) in [6.07, 6.45) is -0.238. The summed E-state index contributed by atoms with van der Waals surface area (Å²) >= 11 is 0. The molecule has 5 N–H and O–H groups in total. The Morgan fingerprint density at radius 2 is 1.93 bits per heavy atom. The first-order valence-corrected chi connectivity index (χ1v) is 8.65. The first-order chi connectivity index (χ1) is 13.2. The summed E-state index contributed by atoms with van der Waals surface area (Å²) in [6.45, 7) is 3.19. The number of carboxylic acids is 1. The number of amides is 1. The monoisotopic (exact) mass is 402 g/mol. The number of carbonyl (C=O) groups is 2. The lowest BCUT2D eigenvalue weighted by Crippen LogP contribution is -2.32. The zero-order chi connectivity index (χ0) is 20.7. The topological polar surface area (TPSA) is 123 Å². The van der Waals surface area contributed by atoms with Crippen LogP contribution in [0.15, 0.2) is 22.5 Å². The maximum Gasteiger partial charge on any atom is 0.490 e. The van der Waals surface area contributed by atoms with E-state index in [1.54, 1.807) is 0 Å². The Hall–Kier alpha value is -2.82. The average molecular weight is 402 g/mol. The van der Waals surface area contributed by atoms with Crippen molar-refractivity contribution in [3.05, 3.63) is 39.2 Å². The number of carboxylic acid groups (broad SMARTS) is 1. The Bertz CT molecular complexity index is 818. The molecule has 0 aliphatic carbocycles. The summed E-state index contributed by atoms with van der Waals surface area (Å²) < 4.78 is 31.7. The number of carbonyl (C=O) groups excluding carboxylic acids is 1. The van der Waals surface area contributed by atoms with E-state index in [1.807, 2.05) is 0 Å². The molecule has 154 valence electrons. The summed E-state index contributed by atoms with van der Waals surface area (Å²) in [5.74, 6) is -2.23. The quantitative estimate of drug-likeness (QED) is 0.481. The second-order valence-corrected chi connectivity index (χ2v) is 6.23. The third kappa shape index (κ3) is 6.12. The van der Waals surface area contributed by atoms with Crippen LogP contribution in [0.1, 0.15) is 28.8 Å². The molecule has 3 heterocycles. The molecule has 8 nitrogen and oxygen atoms in total. The molecule has 1 aromatic heterocycles. The van der Waals surface area contributed by atoms with Gasteiger partial charge in [0.05, 0.1) is 5.56 Å². The van der Waals surface area contributed by atoms with Crippen LogP contribution in [0.2, 0.25) is 0 Å². The number of hydrogen-bond donors (Lipinski definition) is 5. The van der Waals surface area contributed by atoms with Gasteiger partial charge in [-0.05, 0) is 25.8 Å². The van der Waals surface area contributed by atoms with Gasteiger partial charge in [0.25, 0.3) is 5.91 Å². The first-order valence-electron chi connectivity index (χ1n) is 8.65. The van der Waals surface area contributed by atoms with Gasteiger partial charge in [-0.3, -0.25) is 9.59 Å². The maximum atomic E-state index is 12.4. The van der Waals surface area contributed by atoms with Gasteiger partial charge in [-0.25, -0.2) is 4.79 Å². The van der Waals surface area contributed by atoms with Crippen molar-refractivity contribution in [2.45, 2.75) is 25.4 Å². The smallest absolute Gasteiger partial charge is 0.475 e. The molecule has 0 radical (unpaired) electrons. The largest absolute Gasteiger partial charge is 0.490 e. The van der Waals surface area contributed by atoms with Crippen LogP contribution in [-0.2, 0) is 11.2 Å². The molecular weight excluding hydrogens is 381 g/mol. The third-order valence-electron chi connectivity index (χ3n) is 4.18. The fourth-order valence-electron chi connectivity index (χ4n) is 2.80. The molecule has 2 aliphatic heterocycles. The van der Waals surface area contributed by atoms with E-state index in [9.17, 15) is 22.8 Å². The predicted octanol–water partition coefficient (Wildman–Crippen LogP) is 1.02. The van der Waals surface area contributed by atoms with Crippen LogP contribution in [0, 0.1) is 0 Å². The molecule has 3 rings (SSSR count). The van der Waals surface area contributed by atoms with Gasteiger partial charge < -0.3 is 26.0 Å². The van der Waals surface area contributed by atoms with Crippen molar-refractivity contribution in [1.29, 1.82) is 0 Å². The minimum absolute atomic E-state index is 0.166. The number of aliphatic carboxylic acids is 1. The lowest BCUT2D eigenvalue weighted by atomic mass is 10.0. The molecule has 11 heteroatoms. The summed E-state index contributed by atoms with van der Waals surface area (Å²) in [6, 6.07) is 1.40. The van der Waals surface area contributed by atoms with E-state index in [0.717, 1.165) is 44.5 Å². The Balaban J connectivity index is 0.000000345. The van der Waals surface area contributed by atoms with Gasteiger partial charge >= 0.3 is 12.1 Å². The predicted molar refractivity (Wildman–Crippen MR) is 95.5 cm³/mol. The van der Waals surface area contributed by atoms with Crippen LogP contribution in [0.5, 0.6) is 0 Å². The van der Waals surface area contributed by atoms with Crippen LogP contribution >= 0.6 is 0 Å². The van der Waals surface area contributed by atoms with Gasteiger partial charge in [0.2, 0.25) is 5.56 Å². The molecule has 0 saturated heterocycles. The van der Waals surface area contributed by atoms with E-state index < -0.39 is 12.1 Å². The number of aromatic amines is 1. The van der Waals surface area contributed by atoms with E-state index in [1.165, 1.54) is 11.6 Å². The maximum absolute atomic E-state index is 12.4. The molecule has 28 heavy (non-hydrogen) atoms. The van der Waals surface area contributed by atoms with Crippen LogP contribution in [0.3, 0.4) is 0 Å². The van der Waals surface area contributed by atoms with E-state index >= 15 is 0 Å². The van der Waals surface area contributed by atoms with Crippen LogP contribution < -0.4 is 21.5 Å². The highest BCUT2D eigenvalue weighted by Crippen LogP contribution is 2.21. The van der Waals surface area contributed by atoms with Crippen molar-refractivity contribution in [2.75, 3.05) is 31.5 Å². The molecule has 0 bridgehead atoms. The number of pyridine rings is 1. The molecule has 2 aliphatic rings. The molecule has 0 spiro atoms. The zero-order valence-electron chi connectivity index (χ0n) is 14.9. The van der Waals surface area contributed by atoms with Gasteiger partial charge in [0.15, 0.2) is 0 Å². The van der Waals surface area contributed by atoms with Gasteiger partial charge in [-0.1, -0.05) is 11.6 Å². The minimum atomic E-state index is -5.08. The van der Waals surface area contributed by atoms with Crippen molar-refractivity contribution in [3.8, 4) is 0 Å². The van der Waals surface area contributed by atoms with E-state index in [4.69, 9.17) is 9.90 Å². The number of halogens is 3. The lowest BCUT2D eigenvalue weighted by molar-refractivity contribution is -0.192.